The van der Waals surface area contributed by atoms with Gasteiger partial charge >= 0.3 is 5.97 Å². The number of likely N-dealkylation sites (tertiary alicyclic amines) is 1. The summed E-state index contributed by atoms with van der Waals surface area (Å²) in [5.74, 6) is 0.792. The average Bonchev–Trinajstić information content (AvgIpc) is 3.19. The van der Waals surface area contributed by atoms with E-state index in [0.717, 1.165) is 49.1 Å². The highest BCUT2D eigenvalue weighted by atomic mass is 32.1. The number of carbonyl (C=O) groups excluding carboxylic acids is 1. The molecule has 8 heteroatoms. The van der Waals surface area contributed by atoms with Crippen molar-refractivity contribution >= 4 is 28.2 Å². The van der Waals surface area contributed by atoms with Gasteiger partial charge in [-0.15, -0.1) is 11.3 Å². The average molecular weight is 349 g/mol. The number of imidazole rings is 1. The van der Waals surface area contributed by atoms with Gasteiger partial charge in [-0.2, -0.15) is 0 Å². The minimum Gasteiger partial charge on any atom is -0.469 e. The van der Waals surface area contributed by atoms with Crippen molar-refractivity contribution in [2.24, 2.45) is 10.9 Å². The number of piperidine rings is 1. The molecule has 0 aromatic carbocycles. The van der Waals surface area contributed by atoms with E-state index >= 15 is 0 Å². The van der Waals surface area contributed by atoms with Gasteiger partial charge in [-0.1, -0.05) is 0 Å². The van der Waals surface area contributed by atoms with Gasteiger partial charge in [0.05, 0.1) is 25.3 Å². The second-order valence-electron chi connectivity index (χ2n) is 5.78. The molecule has 3 rings (SSSR count). The van der Waals surface area contributed by atoms with Crippen molar-refractivity contribution < 1.29 is 9.53 Å². The van der Waals surface area contributed by atoms with Crippen LogP contribution in [0.4, 0.5) is 0 Å². The van der Waals surface area contributed by atoms with Crippen LogP contribution < -0.4 is 5.32 Å². The van der Waals surface area contributed by atoms with E-state index < -0.39 is 0 Å². The summed E-state index contributed by atoms with van der Waals surface area (Å²) in [4.78, 5) is 24.1. The lowest BCUT2D eigenvalue weighted by Gasteiger charge is -2.33. The number of aliphatic imine (C=N–C) groups is 1. The summed E-state index contributed by atoms with van der Waals surface area (Å²) in [7, 11) is 1.45. The number of guanidine groups is 1. The van der Waals surface area contributed by atoms with Gasteiger partial charge in [0.25, 0.3) is 0 Å². The Morgan fingerprint density at radius 2 is 2.29 bits per heavy atom. The highest BCUT2D eigenvalue weighted by Gasteiger charge is 2.26. The molecule has 0 radical (unpaired) electrons. The third kappa shape index (κ3) is 3.69. The van der Waals surface area contributed by atoms with Crippen molar-refractivity contribution in [1.29, 1.82) is 0 Å². The molecule has 0 amide bonds. The molecule has 2 aromatic rings. The number of fused-ring (bicyclic) bond motifs is 1. The zero-order valence-electron chi connectivity index (χ0n) is 14.1. The Hall–Kier alpha value is -2.09. The topological polar surface area (TPSA) is 71.2 Å². The Kier molecular flexibility index (Phi) is 5.34. The summed E-state index contributed by atoms with van der Waals surface area (Å²) < 4.78 is 6.86. The molecule has 0 bridgehead atoms. The Morgan fingerprint density at radius 1 is 1.50 bits per heavy atom. The lowest BCUT2D eigenvalue weighted by molar-refractivity contribution is -0.146. The minimum absolute atomic E-state index is 0.00838. The lowest BCUT2D eigenvalue weighted by atomic mass is 9.97. The van der Waals surface area contributed by atoms with Crippen LogP contribution in [0, 0.1) is 5.92 Å². The van der Waals surface area contributed by atoms with Crippen molar-refractivity contribution in [3.05, 3.63) is 23.5 Å². The van der Waals surface area contributed by atoms with Crippen molar-refractivity contribution in [2.45, 2.75) is 26.3 Å². The lowest BCUT2D eigenvalue weighted by Crippen LogP contribution is -2.46. The van der Waals surface area contributed by atoms with Crippen LogP contribution in [0.25, 0.3) is 4.96 Å². The number of carbonyl (C=O) groups is 1. The van der Waals surface area contributed by atoms with Crippen LogP contribution in [0.3, 0.4) is 0 Å². The molecule has 2 aromatic heterocycles. The van der Waals surface area contributed by atoms with E-state index in [2.05, 4.69) is 22.1 Å². The molecule has 130 valence electrons. The number of nitrogens with zero attached hydrogens (tertiary/aromatic N) is 4. The highest BCUT2D eigenvalue weighted by Crippen LogP contribution is 2.19. The van der Waals surface area contributed by atoms with Crippen molar-refractivity contribution in [3.8, 4) is 0 Å². The fourth-order valence-corrected chi connectivity index (χ4v) is 3.65. The monoisotopic (exact) mass is 349 g/mol. The second-order valence-corrected chi connectivity index (χ2v) is 6.65. The molecule has 0 unspecified atom stereocenters. The van der Waals surface area contributed by atoms with E-state index in [1.165, 1.54) is 7.11 Å². The Labute approximate surface area is 145 Å². The summed E-state index contributed by atoms with van der Waals surface area (Å²) in [5.41, 5.74) is 0.960. The molecule has 24 heavy (non-hydrogen) atoms. The number of nitrogens with one attached hydrogen (secondary N) is 1. The van der Waals surface area contributed by atoms with E-state index in [1.54, 1.807) is 11.3 Å². The van der Waals surface area contributed by atoms with Gasteiger partial charge in [0.1, 0.15) is 0 Å². The molecule has 0 spiro atoms. The zero-order valence-corrected chi connectivity index (χ0v) is 14.9. The quantitative estimate of drug-likeness (QED) is 0.517. The Morgan fingerprint density at radius 3 is 2.96 bits per heavy atom. The van der Waals surface area contributed by atoms with Gasteiger partial charge in [0.2, 0.25) is 0 Å². The standard InChI is InChI=1S/C16H23N5O2S/c1-3-17-15(20-6-4-12(5-7-20)14(22)23-2)18-10-13-11-21-8-9-24-16(21)19-13/h8-9,11-12H,3-7,10H2,1-2H3,(H,17,18). The molecule has 1 aliphatic heterocycles. The molecular weight excluding hydrogens is 326 g/mol. The van der Waals surface area contributed by atoms with Crippen LogP contribution in [-0.2, 0) is 16.1 Å². The maximum atomic E-state index is 11.6. The van der Waals surface area contributed by atoms with Gasteiger partial charge < -0.3 is 15.0 Å². The molecule has 1 fully saturated rings. The third-order valence-corrected chi connectivity index (χ3v) is 4.97. The summed E-state index contributed by atoms with van der Waals surface area (Å²) >= 11 is 1.62. The van der Waals surface area contributed by atoms with E-state index in [9.17, 15) is 4.79 Å². The maximum absolute atomic E-state index is 11.6. The van der Waals surface area contributed by atoms with Gasteiger partial charge in [-0.3, -0.25) is 9.20 Å². The normalized spacial score (nSPS) is 16.6. The van der Waals surface area contributed by atoms with Gasteiger partial charge in [0, 0.05) is 37.4 Å². The highest BCUT2D eigenvalue weighted by molar-refractivity contribution is 7.15. The molecule has 0 saturated carbocycles. The van der Waals surface area contributed by atoms with E-state index in [0.29, 0.717) is 6.54 Å². The van der Waals surface area contributed by atoms with Crippen molar-refractivity contribution in [2.75, 3.05) is 26.7 Å². The number of rotatable bonds is 4. The smallest absolute Gasteiger partial charge is 0.308 e. The molecular formula is C16H23N5O2S. The van der Waals surface area contributed by atoms with E-state index in [1.807, 2.05) is 22.2 Å². The van der Waals surface area contributed by atoms with Crippen LogP contribution in [0.15, 0.2) is 22.8 Å². The Balaban J connectivity index is 1.63. The summed E-state index contributed by atoms with van der Waals surface area (Å²) in [6.45, 7) is 5.04. The first-order chi connectivity index (χ1) is 11.7. The maximum Gasteiger partial charge on any atom is 0.308 e. The molecule has 0 aliphatic carbocycles. The number of hydrogen-bond acceptors (Lipinski definition) is 5. The Bertz CT molecular complexity index is 686. The van der Waals surface area contributed by atoms with Gasteiger partial charge in [-0.05, 0) is 19.8 Å². The van der Waals surface area contributed by atoms with Crippen molar-refractivity contribution in [1.82, 2.24) is 19.6 Å². The minimum atomic E-state index is -0.102. The third-order valence-electron chi connectivity index (χ3n) is 4.20. The van der Waals surface area contributed by atoms with Crippen LogP contribution in [0.5, 0.6) is 0 Å². The molecule has 1 aliphatic rings. The van der Waals surface area contributed by atoms with Crippen molar-refractivity contribution in [3.63, 3.8) is 0 Å². The first-order valence-corrected chi connectivity index (χ1v) is 9.11. The van der Waals surface area contributed by atoms with Crippen LogP contribution >= 0.6 is 11.3 Å². The number of hydrogen-bond donors (Lipinski definition) is 1. The van der Waals surface area contributed by atoms with Crippen LogP contribution in [-0.4, -0.2) is 53.0 Å². The molecule has 0 atom stereocenters. The zero-order chi connectivity index (χ0) is 16.9. The first-order valence-electron chi connectivity index (χ1n) is 8.23. The predicted octanol–water partition coefficient (Wildman–Crippen LogP) is 1.75. The molecule has 1 N–H and O–H groups in total. The summed E-state index contributed by atoms with van der Waals surface area (Å²) in [6, 6.07) is 0. The fraction of sp³-hybridized carbons (Fsp3) is 0.562. The second kappa shape index (κ2) is 7.65. The predicted molar refractivity (Wildman–Crippen MR) is 94.2 cm³/mol. The molecule has 1 saturated heterocycles. The van der Waals surface area contributed by atoms with Gasteiger partial charge in [-0.25, -0.2) is 9.98 Å². The largest absolute Gasteiger partial charge is 0.469 e. The fourth-order valence-electron chi connectivity index (χ4n) is 2.93. The molecule has 7 nitrogen and oxygen atoms in total. The van der Waals surface area contributed by atoms with E-state index in [4.69, 9.17) is 9.73 Å². The number of esters is 1. The number of thiazole rings is 1. The molecule has 3 heterocycles. The summed E-state index contributed by atoms with van der Waals surface area (Å²) in [5, 5.41) is 5.35. The number of aromatic nitrogens is 2. The SMILES string of the molecule is CCNC(=NCc1cn2ccsc2n1)N1CCC(C(=O)OC)CC1. The van der Waals surface area contributed by atoms with Gasteiger partial charge in [0.15, 0.2) is 10.9 Å². The number of methoxy groups -OCH3 is 1. The number of ether oxygens (including phenoxy) is 1. The first kappa shape index (κ1) is 16.8. The van der Waals surface area contributed by atoms with Crippen LogP contribution in [0.1, 0.15) is 25.5 Å². The summed E-state index contributed by atoms with van der Waals surface area (Å²) in [6.07, 6.45) is 5.62. The van der Waals surface area contributed by atoms with Crippen LogP contribution in [0.2, 0.25) is 0 Å². The van der Waals surface area contributed by atoms with E-state index in [-0.39, 0.29) is 11.9 Å².